The summed E-state index contributed by atoms with van der Waals surface area (Å²) in [6.45, 7) is -0.989. The lowest BCUT2D eigenvalue weighted by Gasteiger charge is -2.27. The van der Waals surface area contributed by atoms with E-state index in [4.69, 9.17) is 14.6 Å². The molecule has 27 heavy (non-hydrogen) atoms. The first-order valence-electron chi connectivity index (χ1n) is 8.07. The number of rotatable bonds is 7. The molecule has 1 unspecified atom stereocenters. The fourth-order valence-electron chi connectivity index (χ4n) is 2.84. The van der Waals surface area contributed by atoms with E-state index in [2.05, 4.69) is 0 Å². The molecule has 2 rings (SSSR count). The van der Waals surface area contributed by atoms with Crippen LogP contribution in [0.5, 0.6) is 0 Å². The average molecular weight is 393 g/mol. The van der Waals surface area contributed by atoms with Gasteiger partial charge >= 0.3 is 12.1 Å². The zero-order chi connectivity index (χ0) is 20.2. The van der Waals surface area contributed by atoms with Crippen LogP contribution in [0.15, 0.2) is 18.2 Å². The molecule has 1 saturated heterocycles. The van der Waals surface area contributed by atoms with Crippen LogP contribution in [0.2, 0.25) is 0 Å². The van der Waals surface area contributed by atoms with E-state index in [0.717, 1.165) is 17.0 Å². The summed E-state index contributed by atoms with van der Waals surface area (Å²) < 4.78 is 63.5. The Labute approximate surface area is 152 Å². The first-order chi connectivity index (χ1) is 12.6. The number of nitrogens with zero attached hydrogens (tertiary/aromatic N) is 1. The number of amides is 1. The van der Waals surface area contributed by atoms with Crippen molar-refractivity contribution in [2.24, 2.45) is 5.41 Å². The van der Waals surface area contributed by atoms with Gasteiger partial charge in [-0.05, 0) is 24.6 Å². The molecule has 0 bridgehead atoms. The molecule has 0 aromatic heterocycles. The van der Waals surface area contributed by atoms with Gasteiger partial charge in [-0.25, -0.2) is 4.39 Å². The Hall–Kier alpha value is -2.20. The highest BCUT2D eigenvalue weighted by molar-refractivity contribution is 5.95. The number of carboxylic acid groups (broad SMARTS) is 1. The second kappa shape index (κ2) is 8.22. The molecule has 150 valence electrons. The van der Waals surface area contributed by atoms with Crippen molar-refractivity contribution >= 4 is 11.9 Å². The third kappa shape index (κ3) is 4.38. The van der Waals surface area contributed by atoms with Crippen molar-refractivity contribution in [3.8, 4) is 0 Å². The van der Waals surface area contributed by atoms with Crippen LogP contribution in [0, 0.1) is 11.2 Å². The van der Waals surface area contributed by atoms with Gasteiger partial charge in [-0.3, -0.25) is 9.59 Å². The third-order valence-electron chi connectivity index (χ3n) is 4.49. The van der Waals surface area contributed by atoms with E-state index in [1.54, 1.807) is 0 Å². The van der Waals surface area contributed by atoms with Crippen molar-refractivity contribution in [2.75, 3.05) is 33.4 Å². The van der Waals surface area contributed by atoms with E-state index >= 15 is 0 Å². The lowest BCUT2D eigenvalue weighted by Crippen LogP contribution is -2.47. The number of halogens is 4. The monoisotopic (exact) mass is 393 g/mol. The third-order valence-corrected chi connectivity index (χ3v) is 4.49. The number of carbonyl (C=O) groups is 2. The van der Waals surface area contributed by atoms with Gasteiger partial charge in [-0.15, -0.1) is 0 Å². The Kier molecular flexibility index (Phi) is 6.42. The summed E-state index contributed by atoms with van der Waals surface area (Å²) in [5, 5.41) is 9.06. The molecule has 1 fully saturated rings. The lowest BCUT2D eigenvalue weighted by molar-refractivity contribution is -0.227. The number of aliphatic carboxylic acids is 1. The summed E-state index contributed by atoms with van der Waals surface area (Å²) in [4.78, 5) is 24.5. The van der Waals surface area contributed by atoms with Gasteiger partial charge in [0.15, 0.2) is 5.41 Å². The number of benzene rings is 1. The van der Waals surface area contributed by atoms with Crippen molar-refractivity contribution in [3.63, 3.8) is 0 Å². The fraction of sp³-hybridized carbons (Fsp3) is 0.529. The van der Waals surface area contributed by atoms with Gasteiger partial charge in [0.2, 0.25) is 0 Å². The predicted octanol–water partition coefficient (Wildman–Crippen LogP) is 2.47. The fourth-order valence-corrected chi connectivity index (χ4v) is 2.84. The van der Waals surface area contributed by atoms with Gasteiger partial charge in [0.05, 0.1) is 19.8 Å². The van der Waals surface area contributed by atoms with Crippen LogP contribution >= 0.6 is 0 Å². The van der Waals surface area contributed by atoms with Gasteiger partial charge in [0.1, 0.15) is 5.82 Å². The molecule has 0 spiro atoms. The summed E-state index contributed by atoms with van der Waals surface area (Å²) in [7, 11) is 1.47. The number of alkyl halides is 3. The van der Waals surface area contributed by atoms with E-state index in [-0.39, 0.29) is 30.9 Å². The summed E-state index contributed by atoms with van der Waals surface area (Å²) >= 11 is 0. The van der Waals surface area contributed by atoms with Crippen molar-refractivity contribution in [3.05, 3.63) is 35.1 Å². The van der Waals surface area contributed by atoms with E-state index < -0.39 is 42.3 Å². The molecule has 6 nitrogen and oxygen atoms in total. The predicted molar refractivity (Wildman–Crippen MR) is 84.6 cm³/mol. The molecule has 1 aliphatic rings. The quantitative estimate of drug-likeness (QED) is 0.569. The van der Waals surface area contributed by atoms with Crippen LogP contribution in [0.25, 0.3) is 0 Å². The molecule has 1 heterocycles. The number of ether oxygens (including phenoxy) is 2. The second-order valence-electron chi connectivity index (χ2n) is 6.21. The van der Waals surface area contributed by atoms with Gasteiger partial charge in [0, 0.05) is 31.3 Å². The van der Waals surface area contributed by atoms with Crippen molar-refractivity contribution in [1.29, 1.82) is 0 Å². The van der Waals surface area contributed by atoms with Gasteiger partial charge in [0.25, 0.3) is 5.91 Å². The maximum Gasteiger partial charge on any atom is 0.406 e. The number of carboxylic acids is 1. The Morgan fingerprint density at radius 3 is 2.56 bits per heavy atom. The highest BCUT2D eigenvalue weighted by atomic mass is 19.4. The zero-order valence-electron chi connectivity index (χ0n) is 14.5. The molecular formula is C17H19F4NO5. The van der Waals surface area contributed by atoms with Crippen LogP contribution in [-0.4, -0.2) is 61.5 Å². The molecule has 1 atom stereocenters. The maximum atomic E-state index is 13.8. The Bertz CT molecular complexity index is 709. The topological polar surface area (TPSA) is 76.1 Å². The van der Waals surface area contributed by atoms with E-state index in [9.17, 15) is 27.2 Å². The number of hydrogen-bond donors (Lipinski definition) is 1. The molecule has 10 heteroatoms. The largest absolute Gasteiger partial charge is 0.481 e. The van der Waals surface area contributed by atoms with Gasteiger partial charge < -0.3 is 19.5 Å². The minimum atomic E-state index is -4.99. The summed E-state index contributed by atoms with van der Waals surface area (Å²) in [5.41, 5.74) is -2.96. The highest BCUT2D eigenvalue weighted by Gasteiger charge is 2.64. The number of methoxy groups -OCH3 is 1. The average Bonchev–Trinajstić information content (AvgIpc) is 3.06. The minimum absolute atomic E-state index is 0.0369. The van der Waals surface area contributed by atoms with Crippen LogP contribution in [-0.2, 0) is 20.9 Å². The standard InChI is InChI=1S/C17H19F4NO5/c1-26-6-7-27-9-12-8-11(2-3-13(12)18)14(23)22-5-4-16(10-22,15(24)25)17(19,20)21/h2-3,8H,4-7,9-10H2,1H3,(H,24,25). The molecule has 1 amide bonds. The van der Waals surface area contributed by atoms with Crippen LogP contribution < -0.4 is 0 Å². The smallest absolute Gasteiger partial charge is 0.406 e. The van der Waals surface area contributed by atoms with Crippen molar-refractivity contribution in [2.45, 2.75) is 19.2 Å². The summed E-state index contributed by atoms with van der Waals surface area (Å²) in [6, 6.07) is 3.36. The molecule has 1 aromatic rings. The Balaban J connectivity index is 2.15. The summed E-state index contributed by atoms with van der Waals surface area (Å²) in [5.74, 6) is -3.43. The highest BCUT2D eigenvalue weighted by Crippen LogP contribution is 2.46. The normalized spacial score (nSPS) is 20.1. The molecule has 0 aliphatic carbocycles. The van der Waals surface area contributed by atoms with Crippen LogP contribution in [0.4, 0.5) is 17.6 Å². The molecule has 1 aliphatic heterocycles. The van der Waals surface area contributed by atoms with Gasteiger partial charge in [-0.1, -0.05) is 0 Å². The first kappa shape index (κ1) is 21.1. The van der Waals surface area contributed by atoms with E-state index in [0.29, 0.717) is 6.61 Å². The molecule has 0 saturated carbocycles. The second-order valence-corrected chi connectivity index (χ2v) is 6.21. The maximum absolute atomic E-state index is 13.8. The minimum Gasteiger partial charge on any atom is -0.481 e. The Morgan fingerprint density at radius 1 is 1.30 bits per heavy atom. The molecular weight excluding hydrogens is 374 g/mol. The number of hydrogen-bond acceptors (Lipinski definition) is 4. The van der Waals surface area contributed by atoms with Gasteiger partial charge in [-0.2, -0.15) is 13.2 Å². The van der Waals surface area contributed by atoms with E-state index in [1.165, 1.54) is 13.2 Å². The molecule has 1 N–H and O–H groups in total. The van der Waals surface area contributed by atoms with E-state index in [1.807, 2.05) is 0 Å². The lowest BCUT2D eigenvalue weighted by atomic mass is 9.86. The first-order valence-corrected chi connectivity index (χ1v) is 8.07. The van der Waals surface area contributed by atoms with Crippen LogP contribution in [0.3, 0.4) is 0 Å². The number of likely N-dealkylation sites (tertiary alicyclic amines) is 1. The number of carbonyl (C=O) groups excluding carboxylic acids is 1. The zero-order valence-corrected chi connectivity index (χ0v) is 14.5. The Morgan fingerprint density at radius 2 is 2.00 bits per heavy atom. The SMILES string of the molecule is COCCOCc1cc(C(=O)N2CCC(C(=O)O)(C(F)(F)F)C2)ccc1F. The molecule has 0 radical (unpaired) electrons. The molecule has 1 aromatic carbocycles. The summed E-state index contributed by atoms with van der Waals surface area (Å²) in [6.07, 6.45) is -5.72. The van der Waals surface area contributed by atoms with Crippen molar-refractivity contribution in [1.82, 2.24) is 4.90 Å². The van der Waals surface area contributed by atoms with Crippen molar-refractivity contribution < 1.29 is 41.7 Å². The van der Waals surface area contributed by atoms with Crippen LogP contribution in [0.1, 0.15) is 22.3 Å².